The Morgan fingerprint density at radius 1 is 1.22 bits per heavy atom. The van der Waals surface area contributed by atoms with Crippen LogP contribution in [0.2, 0.25) is 0 Å². The normalized spacial score (nSPS) is 12.8. The lowest BCUT2D eigenvalue weighted by Gasteiger charge is -2.06. The molecular weight excluding hydrogens is 228 g/mol. The molecule has 0 aromatic heterocycles. The molecule has 0 aliphatic heterocycles. The van der Waals surface area contributed by atoms with Crippen LogP contribution in [-0.2, 0) is 9.53 Å². The van der Waals surface area contributed by atoms with Gasteiger partial charge in [0.05, 0.1) is 13.2 Å². The molecule has 0 aliphatic rings. The zero-order valence-corrected chi connectivity index (χ0v) is 11.9. The zero-order valence-electron chi connectivity index (χ0n) is 11.9. The second-order valence-corrected chi connectivity index (χ2v) is 4.68. The number of allylic oxidation sites excluding steroid dienone is 1. The number of carbonyl (C=O) groups excluding carboxylic acids is 1. The van der Waals surface area contributed by atoms with Crippen molar-refractivity contribution in [2.45, 2.75) is 70.8 Å². The Morgan fingerprint density at radius 2 is 2.00 bits per heavy atom. The molecule has 0 amide bonds. The molecule has 18 heavy (non-hydrogen) atoms. The van der Waals surface area contributed by atoms with Gasteiger partial charge in [0.15, 0.2) is 0 Å². The molecule has 3 heteroatoms. The van der Waals surface area contributed by atoms with Crippen LogP contribution in [0.4, 0.5) is 0 Å². The molecule has 0 radical (unpaired) electrons. The van der Waals surface area contributed by atoms with Crippen LogP contribution < -0.4 is 0 Å². The predicted molar refractivity (Wildman–Crippen MR) is 74.4 cm³/mol. The molecule has 0 saturated heterocycles. The van der Waals surface area contributed by atoms with E-state index >= 15 is 0 Å². The lowest BCUT2D eigenvalue weighted by Crippen LogP contribution is -2.04. The first-order valence-electron chi connectivity index (χ1n) is 7.10. The molecule has 1 atom stereocenters. The quantitative estimate of drug-likeness (QED) is 0.349. The molecule has 0 rings (SSSR count). The minimum Gasteiger partial charge on any atom is -0.469 e. The minimum atomic E-state index is -0.192. The Labute approximate surface area is 111 Å². The van der Waals surface area contributed by atoms with Crippen LogP contribution in [0.15, 0.2) is 12.2 Å². The van der Waals surface area contributed by atoms with Crippen molar-refractivity contribution in [2.75, 3.05) is 7.11 Å². The fraction of sp³-hybridized carbons (Fsp3) is 0.800. The number of aliphatic hydroxyl groups is 1. The number of aliphatic hydroxyl groups excluding tert-OH is 1. The van der Waals surface area contributed by atoms with Gasteiger partial charge in [0.2, 0.25) is 0 Å². The van der Waals surface area contributed by atoms with E-state index in [2.05, 4.69) is 23.8 Å². The number of ether oxygens (including phenoxy) is 1. The highest BCUT2D eigenvalue weighted by molar-refractivity contribution is 5.68. The van der Waals surface area contributed by atoms with Crippen LogP contribution in [0.5, 0.6) is 0 Å². The van der Waals surface area contributed by atoms with Crippen LogP contribution in [0.1, 0.15) is 64.7 Å². The van der Waals surface area contributed by atoms with Gasteiger partial charge in [0, 0.05) is 6.42 Å². The summed E-state index contributed by atoms with van der Waals surface area (Å²) in [5.74, 6) is -0.134. The highest BCUT2D eigenvalue weighted by atomic mass is 16.5. The summed E-state index contributed by atoms with van der Waals surface area (Å²) in [6, 6.07) is 0. The highest BCUT2D eigenvalue weighted by Crippen LogP contribution is 2.08. The van der Waals surface area contributed by atoms with Gasteiger partial charge in [-0.3, -0.25) is 4.79 Å². The first-order valence-corrected chi connectivity index (χ1v) is 7.10. The Bertz CT molecular complexity index is 224. The van der Waals surface area contributed by atoms with E-state index < -0.39 is 0 Å². The van der Waals surface area contributed by atoms with Gasteiger partial charge in [-0.15, -0.1) is 0 Å². The summed E-state index contributed by atoms with van der Waals surface area (Å²) in [6.45, 7) is 2.17. The third kappa shape index (κ3) is 11.6. The summed E-state index contributed by atoms with van der Waals surface area (Å²) in [6.07, 6.45) is 12.5. The summed E-state index contributed by atoms with van der Waals surface area (Å²) in [7, 11) is 1.42. The van der Waals surface area contributed by atoms with E-state index in [0.29, 0.717) is 6.42 Å². The van der Waals surface area contributed by atoms with E-state index in [9.17, 15) is 9.90 Å². The smallest absolute Gasteiger partial charge is 0.305 e. The van der Waals surface area contributed by atoms with Crippen molar-refractivity contribution in [3.63, 3.8) is 0 Å². The lowest BCUT2D eigenvalue weighted by atomic mass is 10.1. The number of hydrogen-bond donors (Lipinski definition) is 1. The maximum absolute atomic E-state index is 10.8. The lowest BCUT2D eigenvalue weighted by molar-refractivity contribution is -0.140. The van der Waals surface area contributed by atoms with Gasteiger partial charge in [0.25, 0.3) is 0 Å². The fourth-order valence-electron chi connectivity index (χ4n) is 1.75. The Balaban J connectivity index is 3.34. The summed E-state index contributed by atoms with van der Waals surface area (Å²) in [5.41, 5.74) is 0. The van der Waals surface area contributed by atoms with Gasteiger partial charge in [-0.2, -0.15) is 0 Å². The number of methoxy groups -OCH3 is 1. The van der Waals surface area contributed by atoms with E-state index in [-0.39, 0.29) is 12.1 Å². The molecule has 0 aromatic rings. The van der Waals surface area contributed by atoms with Crippen LogP contribution in [0.25, 0.3) is 0 Å². The molecule has 106 valence electrons. The highest BCUT2D eigenvalue weighted by Gasteiger charge is 2.00. The van der Waals surface area contributed by atoms with Crippen molar-refractivity contribution in [1.82, 2.24) is 0 Å². The van der Waals surface area contributed by atoms with Crippen molar-refractivity contribution in [2.24, 2.45) is 0 Å². The van der Waals surface area contributed by atoms with E-state index in [0.717, 1.165) is 38.5 Å². The number of rotatable bonds is 11. The zero-order chi connectivity index (χ0) is 13.6. The molecule has 0 bridgehead atoms. The summed E-state index contributed by atoms with van der Waals surface area (Å²) >= 11 is 0. The second-order valence-electron chi connectivity index (χ2n) is 4.68. The molecule has 1 unspecified atom stereocenters. The van der Waals surface area contributed by atoms with Crippen LogP contribution in [0, 0.1) is 0 Å². The van der Waals surface area contributed by atoms with Gasteiger partial charge >= 0.3 is 5.97 Å². The predicted octanol–water partition coefficient (Wildman–Crippen LogP) is 3.61. The van der Waals surface area contributed by atoms with Crippen molar-refractivity contribution in [3.05, 3.63) is 12.2 Å². The third-order valence-corrected chi connectivity index (χ3v) is 2.95. The van der Waals surface area contributed by atoms with Crippen molar-refractivity contribution in [1.29, 1.82) is 0 Å². The average molecular weight is 256 g/mol. The Kier molecular flexibility index (Phi) is 12.0. The largest absolute Gasteiger partial charge is 0.469 e. The number of unbranched alkanes of at least 4 members (excludes halogenated alkanes) is 4. The van der Waals surface area contributed by atoms with E-state index in [1.54, 1.807) is 0 Å². The average Bonchev–Trinajstić information content (AvgIpc) is 2.37. The first kappa shape index (κ1) is 17.2. The summed E-state index contributed by atoms with van der Waals surface area (Å²) in [5, 5.41) is 9.67. The van der Waals surface area contributed by atoms with Gasteiger partial charge in [-0.05, 0) is 32.1 Å². The minimum absolute atomic E-state index is 0.134. The van der Waals surface area contributed by atoms with Crippen molar-refractivity contribution in [3.8, 4) is 0 Å². The monoisotopic (exact) mass is 256 g/mol. The topological polar surface area (TPSA) is 46.5 Å². The maximum atomic E-state index is 10.8. The summed E-state index contributed by atoms with van der Waals surface area (Å²) in [4.78, 5) is 10.8. The number of carbonyl (C=O) groups is 1. The standard InChI is InChI=1S/C15H28O3/c1-3-4-8-11-14(16)12-9-6-5-7-10-13-15(17)18-2/h6,9,14,16H,3-5,7-8,10-13H2,1-2H3. The molecular formula is C15H28O3. The first-order chi connectivity index (χ1) is 8.70. The van der Waals surface area contributed by atoms with E-state index in [1.807, 2.05) is 0 Å². The molecule has 0 aromatic carbocycles. The number of esters is 1. The summed E-state index contributed by atoms with van der Waals surface area (Å²) < 4.78 is 4.57. The van der Waals surface area contributed by atoms with Gasteiger partial charge in [-0.1, -0.05) is 38.3 Å². The van der Waals surface area contributed by atoms with E-state index in [1.165, 1.54) is 20.0 Å². The Hall–Kier alpha value is -0.830. The van der Waals surface area contributed by atoms with Gasteiger partial charge in [-0.25, -0.2) is 0 Å². The molecule has 1 N–H and O–H groups in total. The molecule has 0 fully saturated rings. The molecule has 0 aliphatic carbocycles. The van der Waals surface area contributed by atoms with E-state index in [4.69, 9.17) is 0 Å². The number of hydrogen-bond acceptors (Lipinski definition) is 3. The van der Waals surface area contributed by atoms with Crippen LogP contribution in [-0.4, -0.2) is 24.3 Å². The molecule has 0 spiro atoms. The third-order valence-electron chi connectivity index (χ3n) is 2.95. The van der Waals surface area contributed by atoms with Gasteiger partial charge < -0.3 is 9.84 Å². The van der Waals surface area contributed by atoms with Crippen molar-refractivity contribution >= 4 is 5.97 Å². The Morgan fingerprint density at radius 3 is 2.67 bits per heavy atom. The fourth-order valence-corrected chi connectivity index (χ4v) is 1.75. The van der Waals surface area contributed by atoms with Crippen molar-refractivity contribution < 1.29 is 14.6 Å². The molecule has 3 nitrogen and oxygen atoms in total. The second kappa shape index (κ2) is 12.6. The SMILES string of the molecule is CCCCCC(O)CC=CCCCCC(=O)OC. The molecule has 0 saturated carbocycles. The molecule has 0 heterocycles. The van der Waals surface area contributed by atoms with Gasteiger partial charge in [0.1, 0.15) is 0 Å². The van der Waals surface area contributed by atoms with Crippen LogP contribution >= 0.6 is 0 Å². The maximum Gasteiger partial charge on any atom is 0.305 e. The van der Waals surface area contributed by atoms with Crippen LogP contribution in [0.3, 0.4) is 0 Å².